The van der Waals surface area contributed by atoms with E-state index in [2.05, 4.69) is 82.5 Å². The minimum atomic E-state index is 0.896. The molecule has 27 heavy (non-hydrogen) atoms. The summed E-state index contributed by atoms with van der Waals surface area (Å²) in [6, 6.07) is 17.3. The first-order valence-corrected chi connectivity index (χ1v) is 11.3. The maximum absolute atomic E-state index is 4.53. The molecular formula is C22H23N3S2. The van der Waals surface area contributed by atoms with Crippen molar-refractivity contribution in [3.63, 3.8) is 0 Å². The van der Waals surface area contributed by atoms with E-state index in [9.17, 15) is 0 Å². The number of hydrogen-bond donors (Lipinski definition) is 0. The molecular weight excluding hydrogens is 370 g/mol. The second-order valence-corrected chi connectivity index (χ2v) is 8.48. The average molecular weight is 394 g/mol. The van der Waals surface area contributed by atoms with E-state index in [0.29, 0.717) is 0 Å². The van der Waals surface area contributed by atoms with Crippen LogP contribution in [0, 0.1) is 0 Å². The van der Waals surface area contributed by atoms with Crippen molar-refractivity contribution in [3.05, 3.63) is 64.4 Å². The first kappa shape index (κ1) is 18.3. The van der Waals surface area contributed by atoms with Crippen LogP contribution in [0.5, 0.6) is 0 Å². The quantitative estimate of drug-likeness (QED) is 0.339. The van der Waals surface area contributed by atoms with Crippen molar-refractivity contribution in [1.82, 2.24) is 14.8 Å². The number of thioether (sulfide) groups is 1. The van der Waals surface area contributed by atoms with Crippen molar-refractivity contribution in [2.24, 2.45) is 0 Å². The highest BCUT2D eigenvalue weighted by molar-refractivity contribution is 7.98. The van der Waals surface area contributed by atoms with Crippen molar-refractivity contribution in [2.45, 2.75) is 44.1 Å². The van der Waals surface area contributed by atoms with Crippen LogP contribution in [0.15, 0.2) is 59.1 Å². The van der Waals surface area contributed by atoms with Crippen LogP contribution >= 0.6 is 23.1 Å². The van der Waals surface area contributed by atoms with Gasteiger partial charge in [0.25, 0.3) is 0 Å². The summed E-state index contributed by atoms with van der Waals surface area (Å²) in [6.07, 6.45) is 2.13. The molecule has 0 fully saturated rings. The molecule has 0 spiro atoms. The fraction of sp³-hybridized carbons (Fsp3) is 0.273. The van der Waals surface area contributed by atoms with Crippen LogP contribution < -0.4 is 0 Å². The molecule has 0 saturated heterocycles. The zero-order chi connectivity index (χ0) is 18.6. The van der Waals surface area contributed by atoms with Gasteiger partial charge >= 0.3 is 0 Å². The van der Waals surface area contributed by atoms with Gasteiger partial charge < -0.3 is 4.57 Å². The zero-order valence-electron chi connectivity index (χ0n) is 15.7. The molecule has 0 bridgehead atoms. The number of fused-ring (bicyclic) bond motifs is 1. The Morgan fingerprint density at radius 2 is 1.89 bits per heavy atom. The Hall–Kier alpha value is -2.11. The first-order chi connectivity index (χ1) is 13.3. The van der Waals surface area contributed by atoms with Crippen LogP contribution in [-0.4, -0.2) is 14.8 Å². The van der Waals surface area contributed by atoms with Crippen molar-refractivity contribution in [1.29, 1.82) is 0 Å². The monoisotopic (exact) mass is 393 g/mol. The van der Waals surface area contributed by atoms with Crippen molar-refractivity contribution in [3.8, 4) is 11.4 Å². The molecule has 0 aliphatic carbocycles. The Morgan fingerprint density at radius 1 is 1.04 bits per heavy atom. The lowest BCUT2D eigenvalue weighted by molar-refractivity contribution is 0.626. The van der Waals surface area contributed by atoms with Gasteiger partial charge in [0, 0.05) is 28.1 Å². The summed E-state index contributed by atoms with van der Waals surface area (Å²) in [5.41, 5.74) is 2.53. The van der Waals surface area contributed by atoms with Crippen LogP contribution in [0.4, 0.5) is 0 Å². The molecule has 5 heteroatoms. The summed E-state index contributed by atoms with van der Waals surface area (Å²) in [6.45, 7) is 5.34. The van der Waals surface area contributed by atoms with Gasteiger partial charge in [0.15, 0.2) is 11.0 Å². The second-order valence-electron chi connectivity index (χ2n) is 6.54. The topological polar surface area (TPSA) is 30.7 Å². The molecule has 4 aromatic rings. The molecule has 0 radical (unpaired) electrons. The molecule has 0 N–H and O–H groups in total. The molecule has 2 aromatic heterocycles. The third-order valence-corrected chi connectivity index (χ3v) is 6.76. The maximum Gasteiger partial charge on any atom is 0.191 e. The Kier molecular flexibility index (Phi) is 5.60. The number of aromatic nitrogens is 3. The van der Waals surface area contributed by atoms with Crippen LogP contribution in [0.25, 0.3) is 22.2 Å². The molecule has 0 unspecified atom stereocenters. The highest BCUT2D eigenvalue weighted by atomic mass is 32.2. The van der Waals surface area contributed by atoms with Gasteiger partial charge in [0.2, 0.25) is 0 Å². The fourth-order valence-corrected chi connectivity index (χ4v) is 5.06. The van der Waals surface area contributed by atoms with Crippen molar-refractivity contribution < 1.29 is 0 Å². The summed E-state index contributed by atoms with van der Waals surface area (Å²) < 4.78 is 2.28. The predicted molar refractivity (Wildman–Crippen MR) is 117 cm³/mol. The molecule has 0 saturated carbocycles. The van der Waals surface area contributed by atoms with Gasteiger partial charge in [-0.3, -0.25) is 0 Å². The highest BCUT2D eigenvalue weighted by Crippen LogP contribution is 2.31. The van der Waals surface area contributed by atoms with E-state index in [1.165, 1.54) is 26.8 Å². The molecule has 138 valence electrons. The van der Waals surface area contributed by atoms with E-state index >= 15 is 0 Å². The van der Waals surface area contributed by atoms with E-state index in [0.717, 1.165) is 36.1 Å². The lowest BCUT2D eigenvalue weighted by Crippen LogP contribution is -2.01. The van der Waals surface area contributed by atoms with Gasteiger partial charge in [-0.2, -0.15) is 0 Å². The minimum absolute atomic E-state index is 0.896. The van der Waals surface area contributed by atoms with Crippen LogP contribution in [0.3, 0.4) is 0 Å². The van der Waals surface area contributed by atoms with Crippen LogP contribution in [0.1, 0.15) is 30.7 Å². The zero-order valence-corrected chi connectivity index (χ0v) is 17.3. The summed E-state index contributed by atoms with van der Waals surface area (Å²) in [4.78, 5) is 1.39. The average Bonchev–Trinajstić information content (AvgIpc) is 3.33. The molecule has 0 amide bonds. The Morgan fingerprint density at radius 3 is 2.70 bits per heavy atom. The predicted octanol–water partition coefficient (Wildman–Crippen LogP) is 6.42. The molecule has 2 heterocycles. The standard InChI is InChI=1S/C22H23N3S2/c1-3-12-25-21(18-13-19(4-2)26-15-18)23-24-22(25)27-14-17-10-7-9-16-8-5-6-11-20(16)17/h5-11,13,15H,3-4,12,14H2,1-2H3. The number of nitrogens with zero attached hydrogens (tertiary/aromatic N) is 3. The summed E-state index contributed by atoms with van der Waals surface area (Å²) in [7, 11) is 0. The van der Waals surface area contributed by atoms with E-state index in [1.54, 1.807) is 23.1 Å². The molecule has 4 rings (SSSR count). The lowest BCUT2D eigenvalue weighted by Gasteiger charge is -2.09. The highest BCUT2D eigenvalue weighted by Gasteiger charge is 2.15. The minimum Gasteiger partial charge on any atom is -0.302 e. The summed E-state index contributed by atoms with van der Waals surface area (Å²) in [5, 5.41) is 14.9. The fourth-order valence-electron chi connectivity index (χ4n) is 3.28. The summed E-state index contributed by atoms with van der Waals surface area (Å²) >= 11 is 3.58. The second kappa shape index (κ2) is 8.28. The lowest BCUT2D eigenvalue weighted by atomic mass is 10.1. The Balaban J connectivity index is 1.62. The van der Waals surface area contributed by atoms with Gasteiger partial charge in [-0.1, -0.05) is 68.1 Å². The van der Waals surface area contributed by atoms with Crippen molar-refractivity contribution >= 4 is 33.9 Å². The number of benzene rings is 2. The third kappa shape index (κ3) is 3.80. The maximum atomic E-state index is 4.53. The van der Waals surface area contributed by atoms with Crippen LogP contribution in [0.2, 0.25) is 0 Å². The molecule has 0 atom stereocenters. The summed E-state index contributed by atoms with van der Waals surface area (Å²) in [5.74, 6) is 1.89. The van der Waals surface area contributed by atoms with Crippen LogP contribution in [-0.2, 0) is 18.7 Å². The van der Waals surface area contributed by atoms with Gasteiger partial charge in [0.05, 0.1) is 0 Å². The molecule has 2 aromatic carbocycles. The van der Waals surface area contributed by atoms with Crippen molar-refractivity contribution in [2.75, 3.05) is 0 Å². The van der Waals surface area contributed by atoms with E-state index in [-0.39, 0.29) is 0 Å². The number of hydrogen-bond acceptors (Lipinski definition) is 4. The molecule has 0 aliphatic heterocycles. The van der Waals surface area contributed by atoms with Gasteiger partial charge in [-0.25, -0.2) is 0 Å². The SMILES string of the molecule is CCCn1c(SCc2cccc3ccccc23)nnc1-c1csc(CC)c1. The molecule has 0 aliphatic rings. The smallest absolute Gasteiger partial charge is 0.191 e. The van der Waals surface area contributed by atoms with E-state index in [1.807, 2.05) is 0 Å². The number of aryl methyl sites for hydroxylation is 1. The Bertz CT molecular complexity index is 1040. The van der Waals surface area contributed by atoms with Gasteiger partial charge in [-0.05, 0) is 35.2 Å². The van der Waals surface area contributed by atoms with E-state index < -0.39 is 0 Å². The van der Waals surface area contributed by atoms with Gasteiger partial charge in [0.1, 0.15) is 0 Å². The number of rotatable bonds is 7. The largest absolute Gasteiger partial charge is 0.302 e. The normalized spacial score (nSPS) is 11.3. The Labute approximate surface area is 168 Å². The third-order valence-electron chi connectivity index (χ3n) is 4.66. The van der Waals surface area contributed by atoms with E-state index in [4.69, 9.17) is 0 Å². The first-order valence-electron chi connectivity index (χ1n) is 9.40. The molecule has 3 nitrogen and oxygen atoms in total. The number of thiophene rings is 1. The van der Waals surface area contributed by atoms with Gasteiger partial charge in [-0.15, -0.1) is 21.5 Å².